The molecule has 8 heteroatoms. The summed E-state index contributed by atoms with van der Waals surface area (Å²) in [6, 6.07) is 24.4. The fraction of sp³-hybridized carbons (Fsp3) is 0.333. The number of ether oxygens (including phenoxy) is 1. The molecule has 0 bridgehead atoms. The highest BCUT2D eigenvalue weighted by atomic mass is 19.3. The highest BCUT2D eigenvalue weighted by Crippen LogP contribution is 2.39. The van der Waals surface area contributed by atoms with E-state index < -0.39 is 6.61 Å². The molecule has 7 rings (SSSR count). The predicted octanol–water partition coefficient (Wildman–Crippen LogP) is 9.11. The molecular weight excluding hydrogens is 594 g/mol. The van der Waals surface area contributed by atoms with Gasteiger partial charge in [0, 0.05) is 30.3 Å². The number of benzene rings is 4. The Bertz CT molecular complexity index is 1970. The van der Waals surface area contributed by atoms with E-state index in [9.17, 15) is 14.0 Å². The Morgan fingerprint density at radius 3 is 2.02 bits per heavy atom. The second-order valence-corrected chi connectivity index (χ2v) is 12.7. The zero-order chi connectivity index (χ0) is 32.5. The van der Waals surface area contributed by atoms with Crippen LogP contribution in [-0.2, 0) is 13.1 Å². The molecule has 2 fully saturated rings. The quantitative estimate of drug-likeness (QED) is 0.162. The molecular formula is C39H38F2N4O2. The van der Waals surface area contributed by atoms with Crippen LogP contribution in [0.3, 0.4) is 0 Å². The minimum atomic E-state index is -2.93. The average Bonchev–Trinajstić information content (AvgIpc) is 3.85. The van der Waals surface area contributed by atoms with Gasteiger partial charge in [0.2, 0.25) is 5.89 Å². The minimum absolute atomic E-state index is 0.128. The number of aromatic nitrogens is 1. The first-order valence-electron chi connectivity index (χ1n) is 16.4. The van der Waals surface area contributed by atoms with Gasteiger partial charge >= 0.3 is 6.61 Å². The van der Waals surface area contributed by atoms with Gasteiger partial charge in [-0.1, -0.05) is 42.5 Å². The Balaban J connectivity index is 1.22. The third-order valence-electron chi connectivity index (χ3n) is 9.70. The number of likely N-dealkylation sites (tertiary alicyclic amines) is 2. The second kappa shape index (κ2) is 13.3. The first kappa shape index (κ1) is 31.0. The van der Waals surface area contributed by atoms with E-state index in [0.717, 1.165) is 95.6 Å². The van der Waals surface area contributed by atoms with Crippen LogP contribution < -0.4 is 4.74 Å². The summed E-state index contributed by atoms with van der Waals surface area (Å²) in [6.45, 7) is 6.63. The largest absolute Gasteiger partial charge is 0.436 e. The maximum atomic E-state index is 13.3. The van der Waals surface area contributed by atoms with E-state index in [1.54, 1.807) is 6.07 Å². The van der Waals surface area contributed by atoms with Crippen LogP contribution in [0.4, 0.5) is 8.78 Å². The van der Waals surface area contributed by atoms with Crippen LogP contribution in [0.15, 0.2) is 71.1 Å². The molecule has 2 saturated heterocycles. The maximum Gasteiger partial charge on any atom is 0.387 e. The van der Waals surface area contributed by atoms with Crippen molar-refractivity contribution in [2.45, 2.75) is 59.2 Å². The third kappa shape index (κ3) is 6.38. The molecule has 0 aliphatic carbocycles. The molecule has 0 unspecified atom stereocenters. The monoisotopic (exact) mass is 632 g/mol. The van der Waals surface area contributed by atoms with Crippen molar-refractivity contribution in [1.29, 1.82) is 5.26 Å². The number of fused-ring (bicyclic) bond motifs is 1. The SMILES string of the molecule is Cc1c(-c2ccc(CN3CCCC3)c(C#N)c2)cccc1-c1cccc(-c2nc3cc(CN4CCCC4)c(OC(F)F)cc3o2)c1C. The van der Waals surface area contributed by atoms with E-state index in [1.165, 1.54) is 12.8 Å². The smallest absolute Gasteiger partial charge is 0.387 e. The molecule has 0 N–H and O–H groups in total. The van der Waals surface area contributed by atoms with Crippen LogP contribution >= 0.6 is 0 Å². The standard InChI is InChI=1S/C39H38F2N4O2/c1-25-31(27-13-14-28(29(19-27)22-42)23-44-15-3-4-16-44)9-7-10-32(25)33-11-8-12-34(26(33)2)38-43-35-20-30(24-45-17-5-6-18-45)36(47-39(40)41)21-37(35)46-38/h7-14,19-21,39H,3-6,15-18,23-24H2,1-2H3. The van der Waals surface area contributed by atoms with Crippen molar-refractivity contribution < 1.29 is 17.9 Å². The second-order valence-electron chi connectivity index (χ2n) is 12.7. The highest BCUT2D eigenvalue weighted by molar-refractivity contribution is 5.85. The van der Waals surface area contributed by atoms with Crippen LogP contribution in [0.5, 0.6) is 5.75 Å². The lowest BCUT2D eigenvalue weighted by Crippen LogP contribution is -2.19. The van der Waals surface area contributed by atoms with E-state index in [-0.39, 0.29) is 5.75 Å². The molecule has 3 heterocycles. The summed E-state index contributed by atoms with van der Waals surface area (Å²) in [5.74, 6) is 0.561. The zero-order valence-corrected chi connectivity index (χ0v) is 26.9. The topological polar surface area (TPSA) is 65.5 Å². The lowest BCUT2D eigenvalue weighted by atomic mass is 9.88. The number of nitrogens with zero attached hydrogens (tertiary/aromatic N) is 4. The molecule has 1 aromatic heterocycles. The van der Waals surface area contributed by atoms with E-state index in [0.29, 0.717) is 29.1 Å². The van der Waals surface area contributed by atoms with Crippen molar-refractivity contribution >= 4 is 11.1 Å². The van der Waals surface area contributed by atoms with Gasteiger partial charge in [0.1, 0.15) is 11.3 Å². The molecule has 2 aliphatic heterocycles. The van der Waals surface area contributed by atoms with Gasteiger partial charge in [-0.2, -0.15) is 14.0 Å². The van der Waals surface area contributed by atoms with Gasteiger partial charge in [0.25, 0.3) is 0 Å². The molecule has 0 saturated carbocycles. The number of alkyl halides is 2. The van der Waals surface area contributed by atoms with Gasteiger partial charge in [0.15, 0.2) is 5.58 Å². The van der Waals surface area contributed by atoms with E-state index in [2.05, 4.69) is 66.1 Å². The van der Waals surface area contributed by atoms with Crippen molar-refractivity contribution in [3.63, 3.8) is 0 Å². The molecule has 0 radical (unpaired) electrons. The Hall–Kier alpha value is -4.58. The number of rotatable bonds is 9. The van der Waals surface area contributed by atoms with Crippen molar-refractivity contribution in [3.8, 4) is 45.5 Å². The molecule has 6 nitrogen and oxygen atoms in total. The van der Waals surface area contributed by atoms with E-state index in [4.69, 9.17) is 14.1 Å². The van der Waals surface area contributed by atoms with Crippen LogP contribution in [0.25, 0.3) is 44.8 Å². The summed E-state index contributed by atoms with van der Waals surface area (Å²) < 4.78 is 37.8. The van der Waals surface area contributed by atoms with Gasteiger partial charge in [-0.25, -0.2) is 4.98 Å². The highest BCUT2D eigenvalue weighted by Gasteiger charge is 2.21. The summed E-state index contributed by atoms with van der Waals surface area (Å²) in [5.41, 5.74) is 10.7. The molecule has 5 aromatic rings. The number of hydrogen-bond acceptors (Lipinski definition) is 6. The Kier molecular flexibility index (Phi) is 8.76. The lowest BCUT2D eigenvalue weighted by molar-refractivity contribution is -0.0506. The summed E-state index contributed by atoms with van der Waals surface area (Å²) >= 11 is 0. The third-order valence-corrected chi connectivity index (χ3v) is 9.70. The summed E-state index contributed by atoms with van der Waals surface area (Å²) in [7, 11) is 0. The van der Waals surface area contributed by atoms with Crippen molar-refractivity contribution in [1.82, 2.24) is 14.8 Å². The van der Waals surface area contributed by atoms with Crippen LogP contribution in [-0.4, -0.2) is 47.6 Å². The Labute approximate surface area is 274 Å². The molecule has 2 aliphatic rings. The van der Waals surface area contributed by atoms with Crippen LogP contribution in [0.2, 0.25) is 0 Å². The van der Waals surface area contributed by atoms with Crippen LogP contribution in [0, 0.1) is 25.2 Å². The summed E-state index contributed by atoms with van der Waals surface area (Å²) in [4.78, 5) is 9.48. The molecule has 0 spiro atoms. The number of oxazole rings is 1. The normalized spacial score (nSPS) is 15.6. The zero-order valence-electron chi connectivity index (χ0n) is 26.9. The number of hydrogen-bond donors (Lipinski definition) is 0. The fourth-order valence-corrected chi connectivity index (χ4v) is 7.19. The van der Waals surface area contributed by atoms with Gasteiger partial charge in [-0.15, -0.1) is 0 Å². The van der Waals surface area contributed by atoms with Crippen molar-refractivity contribution in [2.75, 3.05) is 26.2 Å². The fourth-order valence-electron chi connectivity index (χ4n) is 7.19. The molecule has 0 amide bonds. The molecule has 4 aromatic carbocycles. The summed E-state index contributed by atoms with van der Waals surface area (Å²) in [6.07, 6.45) is 4.64. The van der Waals surface area contributed by atoms with Crippen LogP contribution in [0.1, 0.15) is 53.5 Å². The lowest BCUT2D eigenvalue weighted by Gasteiger charge is -2.18. The Morgan fingerprint density at radius 1 is 0.787 bits per heavy atom. The average molecular weight is 633 g/mol. The van der Waals surface area contributed by atoms with Crippen molar-refractivity contribution in [3.05, 3.63) is 94.5 Å². The molecule has 47 heavy (non-hydrogen) atoms. The van der Waals surface area contributed by atoms with Gasteiger partial charge in [-0.3, -0.25) is 9.80 Å². The number of nitriles is 1. The van der Waals surface area contributed by atoms with E-state index in [1.807, 2.05) is 24.3 Å². The van der Waals surface area contributed by atoms with E-state index >= 15 is 0 Å². The molecule has 0 atom stereocenters. The minimum Gasteiger partial charge on any atom is -0.436 e. The maximum absolute atomic E-state index is 13.3. The molecule has 240 valence electrons. The van der Waals surface area contributed by atoms with Gasteiger partial charge in [-0.05, 0) is 123 Å². The first-order valence-corrected chi connectivity index (χ1v) is 16.4. The Morgan fingerprint density at radius 2 is 1.38 bits per heavy atom. The first-order chi connectivity index (χ1) is 22.9. The summed E-state index contributed by atoms with van der Waals surface area (Å²) in [5, 5.41) is 10.00. The number of halogens is 2. The van der Waals surface area contributed by atoms with Crippen molar-refractivity contribution in [2.24, 2.45) is 0 Å². The predicted molar refractivity (Wildman–Crippen MR) is 180 cm³/mol. The van der Waals surface area contributed by atoms with Gasteiger partial charge in [0.05, 0.1) is 11.6 Å². The van der Waals surface area contributed by atoms with Gasteiger partial charge < -0.3 is 9.15 Å².